The molecule has 0 radical (unpaired) electrons. The lowest BCUT2D eigenvalue weighted by Gasteiger charge is -2.37. The van der Waals surface area contributed by atoms with E-state index in [9.17, 15) is 35.1 Å². The van der Waals surface area contributed by atoms with Gasteiger partial charge in [-0.25, -0.2) is 0 Å². The highest BCUT2D eigenvalue weighted by Gasteiger charge is 2.52. The number of anilines is 2. The third-order valence-electron chi connectivity index (χ3n) is 7.02. The maximum absolute atomic E-state index is 13.6. The van der Waals surface area contributed by atoms with Gasteiger partial charge in [-0.3, -0.25) is 9.59 Å². The maximum atomic E-state index is 13.6. The largest absolute Gasteiger partial charge is 0.396 e. The molecular weight excluding hydrogens is 576 g/mol. The van der Waals surface area contributed by atoms with Crippen LogP contribution in [0.2, 0.25) is 0 Å². The molecule has 39 heavy (non-hydrogen) atoms. The number of hydrogen-bond acceptors (Lipinski definition) is 9. The molecule has 7 N–H and O–H groups in total. The summed E-state index contributed by atoms with van der Waals surface area (Å²) in [4.78, 5) is 27.7. The molecule has 1 fully saturated rings. The number of nitrogens with zero attached hydrogens (tertiary/aromatic N) is 1. The predicted octanol–water partition coefficient (Wildman–Crippen LogP) is 0.497. The minimum absolute atomic E-state index is 0.0401. The maximum Gasteiger partial charge on any atom is 0.264 e. The Bertz CT molecular complexity index is 1240. The average Bonchev–Trinajstić information content (AvgIpc) is 3.12. The fourth-order valence-corrected chi connectivity index (χ4v) is 5.12. The molecule has 0 saturated carbocycles. The first-order valence-corrected chi connectivity index (χ1v) is 13.2. The monoisotopic (exact) mass is 606 g/mol. The number of carbonyl (C=O) groups is 2. The third-order valence-corrected chi connectivity index (χ3v) is 7.51. The van der Waals surface area contributed by atoms with Gasteiger partial charge in [-0.15, -0.1) is 0 Å². The molecule has 2 aliphatic rings. The number of amides is 2. The van der Waals surface area contributed by atoms with Crippen LogP contribution < -0.4 is 10.2 Å². The highest BCUT2D eigenvalue weighted by Crippen LogP contribution is 2.46. The molecule has 0 aromatic heterocycles. The zero-order valence-electron chi connectivity index (χ0n) is 21.0. The van der Waals surface area contributed by atoms with E-state index in [1.807, 2.05) is 0 Å². The molecule has 2 amide bonds. The van der Waals surface area contributed by atoms with Crippen molar-refractivity contribution in [3.63, 3.8) is 0 Å². The number of carbonyl (C=O) groups excluding carboxylic acids is 2. The number of fused-ring (bicyclic) bond motifs is 1. The van der Waals surface area contributed by atoms with Gasteiger partial charge in [-0.1, -0.05) is 47.1 Å². The van der Waals surface area contributed by atoms with Crippen molar-refractivity contribution in [2.24, 2.45) is 5.92 Å². The molecule has 11 nitrogen and oxygen atoms in total. The van der Waals surface area contributed by atoms with Crippen molar-refractivity contribution in [3.05, 3.63) is 70.2 Å². The summed E-state index contributed by atoms with van der Waals surface area (Å²) in [6.45, 7) is 1.84. The molecule has 2 heterocycles. The zero-order chi connectivity index (χ0) is 28.5. The van der Waals surface area contributed by atoms with Crippen molar-refractivity contribution < 1.29 is 45.0 Å². The SMILES string of the molecule is C[C@H](/C=C/CCO)[C@@]1(O)C(=O)N(Cc2ccc(NC(=O)[C@H]3O[C@@H](O)[C@H](O)[C@@H](O)[C@@H]3O)cc2)c2ccc(Br)cc21. The average molecular weight is 607 g/mol. The highest BCUT2D eigenvalue weighted by atomic mass is 79.9. The lowest BCUT2D eigenvalue weighted by atomic mass is 9.83. The molecule has 7 atom stereocenters. The van der Waals surface area contributed by atoms with Gasteiger partial charge < -0.3 is 45.6 Å². The molecule has 1 saturated heterocycles. The van der Waals surface area contributed by atoms with E-state index in [1.54, 1.807) is 61.5 Å². The number of hydrogen-bond donors (Lipinski definition) is 7. The van der Waals surface area contributed by atoms with E-state index in [0.29, 0.717) is 33.4 Å². The normalized spacial score (nSPS) is 29.5. The number of nitrogens with one attached hydrogen (secondary N) is 1. The van der Waals surface area contributed by atoms with Crippen molar-refractivity contribution in [1.82, 2.24) is 0 Å². The summed E-state index contributed by atoms with van der Waals surface area (Å²) >= 11 is 3.41. The number of benzene rings is 2. The van der Waals surface area contributed by atoms with Crippen molar-refractivity contribution in [2.75, 3.05) is 16.8 Å². The molecule has 210 valence electrons. The Hall–Kier alpha value is -2.68. The Kier molecular flexibility index (Phi) is 8.88. The first-order valence-electron chi connectivity index (χ1n) is 12.4. The highest BCUT2D eigenvalue weighted by molar-refractivity contribution is 9.10. The molecule has 0 aliphatic carbocycles. The molecule has 0 spiro atoms. The van der Waals surface area contributed by atoms with Gasteiger partial charge >= 0.3 is 0 Å². The molecular formula is C27H31BrN2O9. The van der Waals surface area contributed by atoms with Crippen LogP contribution >= 0.6 is 15.9 Å². The zero-order valence-corrected chi connectivity index (χ0v) is 22.6. The first kappa shape index (κ1) is 29.3. The number of halogens is 1. The summed E-state index contributed by atoms with van der Waals surface area (Å²) in [6.07, 6.45) is -4.86. The Morgan fingerprint density at radius 1 is 1.13 bits per heavy atom. The summed E-state index contributed by atoms with van der Waals surface area (Å²) in [6, 6.07) is 11.7. The van der Waals surface area contributed by atoms with E-state index >= 15 is 0 Å². The summed E-state index contributed by atoms with van der Waals surface area (Å²) in [5, 5.41) is 62.4. The summed E-state index contributed by atoms with van der Waals surface area (Å²) in [7, 11) is 0. The molecule has 2 aromatic rings. The van der Waals surface area contributed by atoms with E-state index in [4.69, 9.17) is 9.84 Å². The van der Waals surface area contributed by atoms with Gasteiger partial charge in [0.1, 0.15) is 18.3 Å². The lowest BCUT2D eigenvalue weighted by Crippen LogP contribution is -2.60. The molecule has 4 rings (SSSR count). The van der Waals surface area contributed by atoms with Gasteiger partial charge in [0.15, 0.2) is 18.0 Å². The van der Waals surface area contributed by atoms with Crippen LogP contribution in [0.25, 0.3) is 0 Å². The Morgan fingerprint density at radius 2 is 1.82 bits per heavy atom. The fraction of sp³-hybridized carbons (Fsp3) is 0.407. The van der Waals surface area contributed by atoms with E-state index in [-0.39, 0.29) is 13.2 Å². The Balaban J connectivity index is 1.50. The van der Waals surface area contributed by atoms with Crippen LogP contribution in [-0.2, 0) is 26.5 Å². The molecule has 2 aromatic carbocycles. The van der Waals surface area contributed by atoms with Crippen LogP contribution in [-0.4, -0.2) is 79.8 Å². The van der Waals surface area contributed by atoms with Gasteiger partial charge in [0, 0.05) is 28.2 Å². The molecule has 12 heteroatoms. The van der Waals surface area contributed by atoms with Crippen LogP contribution in [0.5, 0.6) is 0 Å². The van der Waals surface area contributed by atoms with E-state index in [1.165, 1.54) is 4.90 Å². The molecule has 0 unspecified atom stereocenters. The second kappa shape index (κ2) is 11.8. The second-order valence-electron chi connectivity index (χ2n) is 9.65. The van der Waals surface area contributed by atoms with E-state index in [0.717, 1.165) is 0 Å². The van der Waals surface area contributed by atoms with Crippen LogP contribution in [0.1, 0.15) is 24.5 Å². The van der Waals surface area contributed by atoms with E-state index in [2.05, 4.69) is 21.2 Å². The Morgan fingerprint density at radius 3 is 2.49 bits per heavy atom. The van der Waals surface area contributed by atoms with Gasteiger partial charge in [0.2, 0.25) is 0 Å². The van der Waals surface area contributed by atoms with Crippen LogP contribution in [0.4, 0.5) is 11.4 Å². The fourth-order valence-electron chi connectivity index (χ4n) is 4.76. The van der Waals surface area contributed by atoms with Crippen molar-refractivity contribution >= 4 is 39.1 Å². The van der Waals surface area contributed by atoms with Crippen LogP contribution in [0, 0.1) is 5.92 Å². The quantitative estimate of drug-likeness (QED) is 0.210. The van der Waals surface area contributed by atoms with Gasteiger partial charge in [-0.05, 0) is 42.3 Å². The van der Waals surface area contributed by atoms with Gasteiger partial charge in [-0.2, -0.15) is 0 Å². The summed E-state index contributed by atoms with van der Waals surface area (Å²) in [5.74, 6) is -1.89. The van der Waals surface area contributed by atoms with Gasteiger partial charge in [0.05, 0.1) is 12.2 Å². The van der Waals surface area contributed by atoms with E-state index < -0.39 is 54.0 Å². The van der Waals surface area contributed by atoms with Crippen molar-refractivity contribution in [1.29, 1.82) is 0 Å². The first-order chi connectivity index (χ1) is 18.5. The Labute approximate surface area is 233 Å². The second-order valence-corrected chi connectivity index (χ2v) is 10.6. The number of rotatable bonds is 8. The molecule has 0 bridgehead atoms. The summed E-state index contributed by atoms with van der Waals surface area (Å²) in [5.41, 5.74) is 0.250. The minimum Gasteiger partial charge on any atom is -0.396 e. The van der Waals surface area contributed by atoms with Crippen molar-refractivity contribution in [2.45, 2.75) is 56.2 Å². The van der Waals surface area contributed by atoms with Crippen LogP contribution in [0.15, 0.2) is 59.1 Å². The van der Waals surface area contributed by atoms with Crippen LogP contribution in [0.3, 0.4) is 0 Å². The van der Waals surface area contributed by atoms with Gasteiger partial charge in [0.25, 0.3) is 11.8 Å². The minimum atomic E-state index is -1.84. The lowest BCUT2D eigenvalue weighted by molar-refractivity contribution is -0.274. The topological polar surface area (TPSA) is 180 Å². The summed E-state index contributed by atoms with van der Waals surface area (Å²) < 4.78 is 5.66. The molecule has 2 aliphatic heterocycles. The van der Waals surface area contributed by atoms with Crippen molar-refractivity contribution in [3.8, 4) is 0 Å². The number of ether oxygens (including phenoxy) is 1. The third kappa shape index (κ3) is 5.65. The number of aliphatic hydroxyl groups is 6. The smallest absolute Gasteiger partial charge is 0.264 e. The predicted molar refractivity (Wildman–Crippen MR) is 143 cm³/mol. The number of aliphatic hydroxyl groups excluding tert-OH is 5. The standard InChI is InChI=1S/C27H31BrN2O9/c1-14(4-2-3-11-31)27(38)18-12-16(28)7-10-19(18)30(26(27)37)13-15-5-8-17(9-6-15)29-24(35)23-21(33)20(32)22(34)25(36)39-23/h2,4-10,12,14,20-23,25,31-34,36,38H,3,11,13H2,1H3,(H,29,35)/b4-2+/t14-,20+,21+,22-,23+,25-,27+/m1/s1.